The lowest BCUT2D eigenvalue weighted by atomic mass is 10.3. The first-order valence-corrected chi connectivity index (χ1v) is 8.90. The van der Waals surface area contributed by atoms with Gasteiger partial charge in [0.2, 0.25) is 0 Å². The Morgan fingerprint density at radius 1 is 1.19 bits per heavy atom. The van der Waals surface area contributed by atoms with Crippen molar-refractivity contribution in [3.8, 4) is 5.75 Å². The van der Waals surface area contributed by atoms with Crippen LogP contribution < -0.4 is 10.1 Å². The number of halogens is 3. The Kier molecular flexibility index (Phi) is 6.38. The Hall–Kier alpha value is -0.260. The lowest BCUT2D eigenvalue weighted by Gasteiger charge is -2.08. The minimum atomic E-state index is 0.482. The van der Waals surface area contributed by atoms with Crippen LogP contribution in [0.3, 0.4) is 0 Å². The highest BCUT2D eigenvalue weighted by atomic mass is 79.9. The van der Waals surface area contributed by atoms with Crippen LogP contribution in [-0.4, -0.2) is 6.04 Å². The SMILES string of the molecule is CC(C)NCc1ccc(COc2cc(Cl)c(Br)cc2Cl)s1. The number of benzene rings is 1. The van der Waals surface area contributed by atoms with Crippen LogP contribution in [0.1, 0.15) is 23.6 Å². The molecule has 1 N–H and O–H groups in total. The van der Waals surface area contributed by atoms with Crippen LogP contribution in [-0.2, 0) is 13.2 Å². The van der Waals surface area contributed by atoms with Gasteiger partial charge in [0.05, 0.1) is 10.0 Å². The Morgan fingerprint density at radius 2 is 1.90 bits per heavy atom. The van der Waals surface area contributed by atoms with E-state index in [0.29, 0.717) is 28.4 Å². The van der Waals surface area contributed by atoms with Crippen molar-refractivity contribution < 1.29 is 4.74 Å². The quantitative estimate of drug-likeness (QED) is 0.601. The molecular weight excluding hydrogens is 393 g/mol. The third-order valence-corrected chi connectivity index (χ3v) is 5.30. The lowest BCUT2D eigenvalue weighted by molar-refractivity contribution is 0.310. The van der Waals surface area contributed by atoms with E-state index in [4.69, 9.17) is 27.9 Å². The van der Waals surface area contributed by atoms with E-state index in [1.807, 2.05) is 0 Å². The van der Waals surface area contributed by atoms with Gasteiger partial charge in [0, 0.05) is 32.9 Å². The van der Waals surface area contributed by atoms with Gasteiger partial charge in [0.15, 0.2) is 0 Å². The molecule has 0 aliphatic heterocycles. The fraction of sp³-hybridized carbons (Fsp3) is 0.333. The van der Waals surface area contributed by atoms with Crippen molar-refractivity contribution >= 4 is 50.5 Å². The fourth-order valence-corrected chi connectivity index (χ4v) is 3.39. The van der Waals surface area contributed by atoms with E-state index in [-0.39, 0.29) is 0 Å². The molecule has 114 valence electrons. The normalized spacial score (nSPS) is 11.1. The number of ether oxygens (including phenoxy) is 1. The van der Waals surface area contributed by atoms with Crippen molar-refractivity contribution in [1.29, 1.82) is 0 Å². The third-order valence-electron chi connectivity index (χ3n) is 2.75. The predicted octanol–water partition coefficient (Wildman–Crippen LogP) is 5.89. The summed E-state index contributed by atoms with van der Waals surface area (Å²) < 4.78 is 6.51. The molecule has 2 rings (SSSR count). The molecule has 0 spiro atoms. The van der Waals surface area contributed by atoms with Gasteiger partial charge < -0.3 is 10.1 Å². The highest BCUT2D eigenvalue weighted by molar-refractivity contribution is 9.10. The first-order chi connectivity index (χ1) is 9.95. The molecule has 1 aromatic heterocycles. The van der Waals surface area contributed by atoms with Crippen molar-refractivity contribution in [1.82, 2.24) is 5.32 Å². The lowest BCUT2D eigenvalue weighted by Crippen LogP contribution is -2.21. The number of hydrogen-bond donors (Lipinski definition) is 1. The average molecular weight is 409 g/mol. The van der Waals surface area contributed by atoms with Crippen molar-refractivity contribution in [3.63, 3.8) is 0 Å². The summed E-state index contributed by atoms with van der Waals surface area (Å²) in [6, 6.07) is 8.15. The summed E-state index contributed by atoms with van der Waals surface area (Å²) in [6.45, 7) is 5.64. The number of nitrogens with one attached hydrogen (secondary N) is 1. The standard InChI is InChI=1S/C15H16BrCl2NOS/c1-9(2)19-7-10-3-4-11(21-10)8-20-15-6-13(17)12(16)5-14(15)18/h3-6,9,19H,7-8H2,1-2H3. The fourth-order valence-electron chi connectivity index (χ4n) is 1.66. The van der Waals surface area contributed by atoms with Crippen LogP contribution in [0.15, 0.2) is 28.7 Å². The number of hydrogen-bond acceptors (Lipinski definition) is 3. The van der Waals surface area contributed by atoms with Crippen molar-refractivity contribution in [2.45, 2.75) is 33.0 Å². The molecule has 0 bridgehead atoms. The maximum Gasteiger partial charge on any atom is 0.140 e. The van der Waals surface area contributed by atoms with E-state index in [1.165, 1.54) is 4.88 Å². The van der Waals surface area contributed by atoms with Crippen LogP contribution in [0.4, 0.5) is 0 Å². The maximum atomic E-state index is 6.14. The third kappa shape index (κ3) is 5.15. The van der Waals surface area contributed by atoms with E-state index in [9.17, 15) is 0 Å². The minimum absolute atomic E-state index is 0.482. The van der Waals surface area contributed by atoms with Gasteiger partial charge in [-0.15, -0.1) is 11.3 Å². The summed E-state index contributed by atoms with van der Waals surface area (Å²) in [5.41, 5.74) is 0. The van der Waals surface area contributed by atoms with Gasteiger partial charge in [-0.05, 0) is 34.1 Å². The van der Waals surface area contributed by atoms with Crippen LogP contribution in [0, 0.1) is 0 Å². The van der Waals surface area contributed by atoms with Crippen molar-refractivity contribution in [3.05, 3.63) is 48.5 Å². The van der Waals surface area contributed by atoms with E-state index >= 15 is 0 Å². The number of rotatable bonds is 6. The Balaban J connectivity index is 1.96. The minimum Gasteiger partial charge on any atom is -0.486 e. The van der Waals surface area contributed by atoms with Crippen LogP contribution >= 0.6 is 50.5 Å². The highest BCUT2D eigenvalue weighted by Crippen LogP contribution is 2.34. The molecule has 2 nitrogen and oxygen atoms in total. The molecule has 0 saturated carbocycles. The van der Waals surface area contributed by atoms with Gasteiger partial charge in [-0.1, -0.05) is 37.0 Å². The molecule has 0 amide bonds. The van der Waals surface area contributed by atoms with Crippen LogP contribution in [0.25, 0.3) is 0 Å². The van der Waals surface area contributed by atoms with E-state index in [2.05, 4.69) is 47.2 Å². The molecule has 21 heavy (non-hydrogen) atoms. The predicted molar refractivity (Wildman–Crippen MR) is 94.8 cm³/mol. The zero-order valence-corrected chi connectivity index (χ0v) is 15.7. The number of thiophene rings is 1. The first-order valence-electron chi connectivity index (χ1n) is 6.54. The maximum absolute atomic E-state index is 6.14. The van der Waals surface area contributed by atoms with Gasteiger partial charge in [-0.25, -0.2) is 0 Å². The first kappa shape index (κ1) is 17.1. The van der Waals surface area contributed by atoms with Crippen molar-refractivity contribution in [2.75, 3.05) is 0 Å². The molecule has 0 fully saturated rings. The average Bonchev–Trinajstić information content (AvgIpc) is 2.87. The van der Waals surface area contributed by atoms with Crippen LogP contribution in [0.5, 0.6) is 5.75 Å². The molecule has 0 aliphatic carbocycles. The zero-order valence-electron chi connectivity index (χ0n) is 11.8. The molecule has 1 heterocycles. The molecule has 1 aromatic carbocycles. The summed E-state index contributed by atoms with van der Waals surface area (Å²) >= 11 is 17.3. The molecule has 2 aromatic rings. The van der Waals surface area contributed by atoms with Gasteiger partial charge in [0.25, 0.3) is 0 Å². The monoisotopic (exact) mass is 407 g/mol. The molecule has 0 unspecified atom stereocenters. The molecule has 0 radical (unpaired) electrons. The van der Waals surface area contributed by atoms with Crippen LogP contribution in [0.2, 0.25) is 10.0 Å². The van der Waals surface area contributed by atoms with Gasteiger partial charge in [-0.2, -0.15) is 0 Å². The topological polar surface area (TPSA) is 21.3 Å². The molecular formula is C15H16BrCl2NOS. The molecule has 0 aliphatic rings. The highest BCUT2D eigenvalue weighted by Gasteiger charge is 2.08. The molecule has 0 atom stereocenters. The van der Waals surface area contributed by atoms with Crippen molar-refractivity contribution in [2.24, 2.45) is 0 Å². The summed E-state index contributed by atoms with van der Waals surface area (Å²) in [5, 5.41) is 4.53. The van der Waals surface area contributed by atoms with Gasteiger partial charge in [-0.3, -0.25) is 0 Å². The van der Waals surface area contributed by atoms with E-state index < -0.39 is 0 Å². The Morgan fingerprint density at radius 3 is 2.62 bits per heavy atom. The second-order valence-corrected chi connectivity index (χ2v) is 7.81. The summed E-state index contributed by atoms with van der Waals surface area (Å²) in [4.78, 5) is 2.45. The van der Waals surface area contributed by atoms with Gasteiger partial charge >= 0.3 is 0 Å². The summed E-state index contributed by atoms with van der Waals surface area (Å²) in [6.07, 6.45) is 0. The largest absolute Gasteiger partial charge is 0.486 e. The Labute approximate surface area is 147 Å². The molecule has 0 saturated heterocycles. The second kappa shape index (κ2) is 7.84. The molecule has 6 heteroatoms. The summed E-state index contributed by atoms with van der Waals surface area (Å²) in [5.74, 6) is 0.597. The Bertz CT molecular complexity index is 616. The van der Waals surface area contributed by atoms with Gasteiger partial charge in [0.1, 0.15) is 12.4 Å². The smallest absolute Gasteiger partial charge is 0.140 e. The zero-order chi connectivity index (χ0) is 15.4. The second-order valence-electron chi connectivity index (χ2n) is 4.89. The summed E-state index contributed by atoms with van der Waals surface area (Å²) in [7, 11) is 0. The van der Waals surface area contributed by atoms with E-state index in [1.54, 1.807) is 23.5 Å². The van der Waals surface area contributed by atoms with E-state index in [0.717, 1.165) is 15.9 Å².